The van der Waals surface area contributed by atoms with E-state index in [-0.39, 0.29) is 17.8 Å². The van der Waals surface area contributed by atoms with Gasteiger partial charge in [-0.1, -0.05) is 72.8 Å². The Kier molecular flexibility index (Phi) is 5.97. The fraction of sp³-hybridized carbons (Fsp3) is 0.261. The molecule has 2 aliphatic rings. The molecular formula is C23H21ClN2O3S. The Balaban J connectivity index is 1.72. The van der Waals surface area contributed by atoms with E-state index < -0.39 is 12.0 Å². The summed E-state index contributed by atoms with van der Waals surface area (Å²) < 4.78 is 5.61. The highest BCUT2D eigenvalue weighted by Gasteiger charge is 2.47. The number of hydrogen-bond acceptors (Lipinski definition) is 5. The van der Waals surface area contributed by atoms with Crippen LogP contribution in [0.15, 0.2) is 70.9 Å². The molecule has 2 heterocycles. The van der Waals surface area contributed by atoms with Crippen LogP contribution in [0.4, 0.5) is 0 Å². The van der Waals surface area contributed by atoms with Crippen LogP contribution in [-0.4, -0.2) is 27.2 Å². The van der Waals surface area contributed by atoms with Gasteiger partial charge >= 0.3 is 5.97 Å². The number of fused-ring (bicyclic) bond motifs is 1. The Morgan fingerprint density at radius 2 is 1.97 bits per heavy atom. The number of aliphatic imine (C=N–C) groups is 1. The number of nitrogens with zero attached hydrogens (tertiary/aromatic N) is 2. The lowest BCUT2D eigenvalue weighted by Gasteiger charge is -2.33. The molecule has 2 aromatic rings. The van der Waals surface area contributed by atoms with E-state index in [4.69, 9.17) is 16.3 Å². The van der Waals surface area contributed by atoms with Gasteiger partial charge in [-0.2, -0.15) is 0 Å². The van der Waals surface area contributed by atoms with E-state index in [9.17, 15) is 9.59 Å². The van der Waals surface area contributed by atoms with Crippen molar-refractivity contribution in [3.05, 3.63) is 82.0 Å². The van der Waals surface area contributed by atoms with Gasteiger partial charge in [0.25, 0.3) is 0 Å². The second kappa shape index (κ2) is 8.66. The zero-order valence-electron chi connectivity index (χ0n) is 16.7. The number of thioether (sulfide) groups is 1. The minimum absolute atomic E-state index is 0.0490. The number of amides is 1. The van der Waals surface area contributed by atoms with Gasteiger partial charge in [0.1, 0.15) is 6.61 Å². The van der Waals surface area contributed by atoms with Crippen molar-refractivity contribution in [1.29, 1.82) is 0 Å². The molecule has 0 spiro atoms. The van der Waals surface area contributed by atoms with E-state index in [0.717, 1.165) is 11.1 Å². The van der Waals surface area contributed by atoms with Crippen molar-refractivity contribution in [3.63, 3.8) is 0 Å². The first kappa shape index (κ1) is 20.7. The second-order valence-electron chi connectivity index (χ2n) is 7.14. The average Bonchev–Trinajstić information content (AvgIpc) is 3.06. The minimum Gasteiger partial charge on any atom is -0.457 e. The number of carbonyl (C=O) groups is 2. The summed E-state index contributed by atoms with van der Waals surface area (Å²) in [7, 11) is 0. The fourth-order valence-electron chi connectivity index (χ4n) is 3.64. The van der Waals surface area contributed by atoms with Crippen LogP contribution in [0.1, 0.15) is 37.4 Å². The number of rotatable bonds is 5. The smallest absolute Gasteiger partial charge is 0.338 e. The van der Waals surface area contributed by atoms with Crippen LogP contribution in [0.2, 0.25) is 5.02 Å². The number of amidine groups is 1. The van der Waals surface area contributed by atoms with Crippen molar-refractivity contribution in [1.82, 2.24) is 4.90 Å². The summed E-state index contributed by atoms with van der Waals surface area (Å²) in [6, 6.07) is 16.1. The Hall–Kier alpha value is -2.57. The molecule has 4 rings (SSSR count). The summed E-state index contributed by atoms with van der Waals surface area (Å²) in [5.41, 5.74) is 2.57. The van der Waals surface area contributed by atoms with Gasteiger partial charge in [-0.15, -0.1) is 0 Å². The highest BCUT2D eigenvalue weighted by molar-refractivity contribution is 8.15. The van der Waals surface area contributed by atoms with Crippen molar-refractivity contribution in [2.24, 2.45) is 4.99 Å². The zero-order chi connectivity index (χ0) is 21.3. The monoisotopic (exact) mass is 440 g/mol. The molecule has 2 aliphatic heterocycles. The van der Waals surface area contributed by atoms with E-state index in [2.05, 4.69) is 4.99 Å². The molecule has 154 valence electrons. The molecule has 1 saturated heterocycles. The first-order chi connectivity index (χ1) is 14.5. The number of carbonyl (C=O) groups excluding carboxylic acids is 2. The topological polar surface area (TPSA) is 59.0 Å². The SMILES string of the molecule is CC[C@H]1SC2=NC(C)=C(C(=O)OCc3ccccc3)[C@@H](c3cccc(Cl)c3)N2C1=O. The van der Waals surface area contributed by atoms with Gasteiger partial charge in [0.2, 0.25) is 5.91 Å². The van der Waals surface area contributed by atoms with Gasteiger partial charge in [-0.3, -0.25) is 9.69 Å². The van der Waals surface area contributed by atoms with Gasteiger partial charge in [0.15, 0.2) is 5.17 Å². The third-order valence-electron chi connectivity index (χ3n) is 5.12. The summed E-state index contributed by atoms with van der Waals surface area (Å²) in [5.74, 6) is -0.533. The number of ether oxygens (including phenoxy) is 1. The van der Waals surface area contributed by atoms with Gasteiger partial charge in [0.05, 0.1) is 22.6 Å². The Labute approximate surface area is 184 Å². The molecule has 0 saturated carbocycles. The van der Waals surface area contributed by atoms with Crippen molar-refractivity contribution in [2.75, 3.05) is 0 Å². The summed E-state index contributed by atoms with van der Waals surface area (Å²) in [4.78, 5) is 32.5. The molecule has 0 radical (unpaired) electrons. The highest BCUT2D eigenvalue weighted by atomic mass is 35.5. The number of halogens is 1. The first-order valence-corrected chi connectivity index (χ1v) is 11.0. The molecule has 2 atom stereocenters. The molecule has 0 aliphatic carbocycles. The van der Waals surface area contributed by atoms with Gasteiger partial charge in [-0.05, 0) is 36.6 Å². The maximum atomic E-state index is 13.2. The van der Waals surface area contributed by atoms with Crippen LogP contribution in [0.3, 0.4) is 0 Å². The molecular weight excluding hydrogens is 420 g/mol. The molecule has 0 unspecified atom stereocenters. The molecule has 5 nitrogen and oxygen atoms in total. The largest absolute Gasteiger partial charge is 0.457 e. The third-order valence-corrected chi connectivity index (χ3v) is 6.67. The van der Waals surface area contributed by atoms with Crippen molar-refractivity contribution in [2.45, 2.75) is 38.2 Å². The Morgan fingerprint density at radius 3 is 2.67 bits per heavy atom. The van der Waals surface area contributed by atoms with Gasteiger partial charge in [0, 0.05) is 5.02 Å². The number of esters is 1. The van der Waals surface area contributed by atoms with Crippen LogP contribution < -0.4 is 0 Å². The van der Waals surface area contributed by atoms with E-state index in [0.29, 0.717) is 27.9 Å². The van der Waals surface area contributed by atoms with Gasteiger partial charge < -0.3 is 4.74 Å². The maximum Gasteiger partial charge on any atom is 0.338 e. The summed E-state index contributed by atoms with van der Waals surface area (Å²) in [6.45, 7) is 3.90. The number of hydrogen-bond donors (Lipinski definition) is 0. The van der Waals surface area contributed by atoms with Crippen LogP contribution in [0, 0.1) is 0 Å². The van der Waals surface area contributed by atoms with Crippen LogP contribution in [0.25, 0.3) is 0 Å². The summed E-state index contributed by atoms with van der Waals surface area (Å²) in [6.07, 6.45) is 0.689. The lowest BCUT2D eigenvalue weighted by atomic mass is 9.94. The Morgan fingerprint density at radius 1 is 1.20 bits per heavy atom. The predicted molar refractivity (Wildman–Crippen MR) is 119 cm³/mol. The van der Waals surface area contributed by atoms with Crippen molar-refractivity contribution in [3.8, 4) is 0 Å². The lowest BCUT2D eigenvalue weighted by Crippen LogP contribution is -2.40. The quantitative estimate of drug-likeness (QED) is 0.605. The van der Waals surface area contributed by atoms with Crippen molar-refractivity contribution < 1.29 is 14.3 Å². The maximum absolute atomic E-state index is 13.2. The lowest BCUT2D eigenvalue weighted by molar-refractivity contribution is -0.141. The standard InChI is InChI=1S/C23H21ClN2O3S/c1-3-18-21(27)26-20(16-10-7-11-17(24)12-16)19(14(2)25-23(26)30-18)22(28)29-13-15-8-5-4-6-9-15/h4-12,18,20H,3,13H2,1-2H3/t18-,20-/m1/s1. The van der Waals surface area contributed by atoms with Crippen LogP contribution in [-0.2, 0) is 20.9 Å². The molecule has 30 heavy (non-hydrogen) atoms. The molecule has 1 amide bonds. The number of benzene rings is 2. The number of allylic oxidation sites excluding steroid dienone is 1. The van der Waals surface area contributed by atoms with Crippen LogP contribution in [0.5, 0.6) is 0 Å². The molecule has 0 aromatic heterocycles. The van der Waals surface area contributed by atoms with Crippen LogP contribution >= 0.6 is 23.4 Å². The average molecular weight is 441 g/mol. The van der Waals surface area contributed by atoms with E-state index in [1.54, 1.807) is 24.0 Å². The highest BCUT2D eigenvalue weighted by Crippen LogP contribution is 2.44. The normalized spacial score (nSPS) is 20.8. The summed E-state index contributed by atoms with van der Waals surface area (Å²) in [5, 5.41) is 0.949. The van der Waals surface area contributed by atoms with Gasteiger partial charge in [-0.25, -0.2) is 9.79 Å². The second-order valence-corrected chi connectivity index (χ2v) is 8.74. The molecule has 0 bridgehead atoms. The molecule has 1 fully saturated rings. The zero-order valence-corrected chi connectivity index (χ0v) is 18.2. The third kappa shape index (κ3) is 3.89. The first-order valence-electron chi connectivity index (χ1n) is 9.75. The fourth-order valence-corrected chi connectivity index (χ4v) is 4.98. The van der Waals surface area contributed by atoms with Crippen molar-refractivity contribution >= 4 is 40.4 Å². The molecule has 0 N–H and O–H groups in total. The predicted octanol–water partition coefficient (Wildman–Crippen LogP) is 5.12. The molecule has 2 aromatic carbocycles. The Bertz CT molecular complexity index is 1050. The van der Waals surface area contributed by atoms with E-state index >= 15 is 0 Å². The van der Waals surface area contributed by atoms with E-state index in [1.165, 1.54) is 11.8 Å². The van der Waals surface area contributed by atoms with E-state index in [1.807, 2.05) is 49.4 Å². The summed E-state index contributed by atoms with van der Waals surface area (Å²) >= 11 is 7.67. The molecule has 7 heteroatoms. The minimum atomic E-state index is -0.615.